The number of hydrogen-bond donors (Lipinski definition) is 1. The molecule has 1 aromatic carbocycles. The molecule has 0 aliphatic rings. The van der Waals surface area contributed by atoms with Crippen LogP contribution in [0.1, 0.15) is 9.67 Å². The predicted molar refractivity (Wildman–Crippen MR) is 89.2 cm³/mol. The number of carbonyl (C=O) groups excluding carboxylic acids is 1. The van der Waals surface area contributed by atoms with Gasteiger partial charge in [-0.15, -0.1) is 16.4 Å². The molecule has 5 nitrogen and oxygen atoms in total. The van der Waals surface area contributed by atoms with Crippen LogP contribution in [0.4, 0.5) is 0 Å². The summed E-state index contributed by atoms with van der Waals surface area (Å²) in [4.78, 5) is 17.3. The minimum atomic E-state index is 0.0440. The van der Waals surface area contributed by atoms with Crippen LogP contribution in [-0.2, 0) is 0 Å². The Balaban J connectivity index is 1.63. The first-order chi connectivity index (χ1) is 10.7. The molecule has 0 unspecified atom stereocenters. The van der Waals surface area contributed by atoms with Crippen molar-refractivity contribution in [2.45, 2.75) is 5.16 Å². The first-order valence-electron chi connectivity index (χ1n) is 6.45. The van der Waals surface area contributed by atoms with Crippen LogP contribution in [0, 0.1) is 0 Å². The summed E-state index contributed by atoms with van der Waals surface area (Å²) < 4.78 is 2.55. The van der Waals surface area contributed by atoms with Gasteiger partial charge in [0.05, 0.1) is 26.0 Å². The molecule has 110 valence electrons. The quantitative estimate of drug-likeness (QED) is 0.449. The molecule has 0 aliphatic carbocycles. The Morgan fingerprint density at radius 3 is 3.00 bits per heavy atom. The number of imidazole rings is 1. The Bertz CT molecular complexity index is 987. The lowest BCUT2D eigenvalue weighted by molar-refractivity contribution is 0.102. The first-order valence-corrected chi connectivity index (χ1v) is 8.63. The molecule has 0 atom stereocenters. The van der Waals surface area contributed by atoms with E-state index in [1.165, 1.54) is 23.1 Å². The molecule has 4 rings (SSSR count). The smallest absolute Gasteiger partial charge is 0.231 e. The van der Waals surface area contributed by atoms with Crippen molar-refractivity contribution in [1.29, 1.82) is 0 Å². The minimum absolute atomic E-state index is 0.0440. The minimum Gasteiger partial charge on any atom is -0.292 e. The zero-order valence-corrected chi connectivity index (χ0v) is 13.5. The van der Waals surface area contributed by atoms with Crippen LogP contribution in [0.15, 0.2) is 41.6 Å². The number of aromatic nitrogens is 4. The van der Waals surface area contributed by atoms with Crippen LogP contribution in [-0.4, -0.2) is 31.1 Å². The van der Waals surface area contributed by atoms with Crippen LogP contribution < -0.4 is 0 Å². The van der Waals surface area contributed by atoms with Crippen molar-refractivity contribution < 1.29 is 4.79 Å². The van der Waals surface area contributed by atoms with E-state index in [9.17, 15) is 4.79 Å². The van der Waals surface area contributed by atoms with Gasteiger partial charge in [-0.3, -0.25) is 9.20 Å². The van der Waals surface area contributed by atoms with Crippen molar-refractivity contribution in [3.63, 3.8) is 0 Å². The van der Waals surface area contributed by atoms with Gasteiger partial charge in [-0.25, -0.2) is 10.1 Å². The molecular formula is C14H9ClN4OS2. The fraction of sp³-hybridized carbons (Fsp3) is 0.0714. The van der Waals surface area contributed by atoms with Crippen molar-refractivity contribution in [1.82, 2.24) is 19.6 Å². The Labute approximate surface area is 138 Å². The maximum absolute atomic E-state index is 12.2. The highest BCUT2D eigenvalue weighted by molar-refractivity contribution is 7.99. The molecule has 8 heteroatoms. The second-order valence-corrected chi connectivity index (χ2v) is 7.24. The molecule has 0 bridgehead atoms. The Hall–Kier alpha value is -1.83. The van der Waals surface area contributed by atoms with E-state index in [0.717, 1.165) is 16.2 Å². The van der Waals surface area contributed by atoms with Gasteiger partial charge in [0.1, 0.15) is 0 Å². The summed E-state index contributed by atoms with van der Waals surface area (Å²) in [6.07, 6.45) is 0. The summed E-state index contributed by atoms with van der Waals surface area (Å²) in [7, 11) is 0. The standard InChI is InChI=1S/C14H9ClN4OS2/c15-12-6-5-11(22-12)10(20)7-21-14-18-17-13-16-8-3-1-2-4-9(8)19(13)14/h1-6H,7H2,(H,16,17). The molecule has 3 aromatic heterocycles. The van der Waals surface area contributed by atoms with Gasteiger partial charge in [-0.2, -0.15) is 0 Å². The predicted octanol–water partition coefficient (Wildman–Crippen LogP) is 3.90. The summed E-state index contributed by atoms with van der Waals surface area (Å²) >= 11 is 8.54. The van der Waals surface area contributed by atoms with Crippen LogP contribution in [0.5, 0.6) is 0 Å². The van der Waals surface area contributed by atoms with E-state index in [2.05, 4.69) is 15.2 Å². The lowest BCUT2D eigenvalue weighted by Crippen LogP contribution is -2.00. The summed E-state index contributed by atoms with van der Waals surface area (Å²) in [5.41, 5.74) is 1.87. The van der Waals surface area contributed by atoms with Gasteiger partial charge in [0.2, 0.25) is 5.78 Å². The first kappa shape index (κ1) is 13.8. The van der Waals surface area contributed by atoms with Crippen molar-refractivity contribution in [2.75, 3.05) is 5.75 Å². The highest BCUT2D eigenvalue weighted by Crippen LogP contribution is 2.26. The molecular weight excluding hydrogens is 340 g/mol. The van der Waals surface area contributed by atoms with Crippen molar-refractivity contribution in [3.8, 4) is 0 Å². The number of ketones is 1. The Morgan fingerprint density at radius 2 is 2.18 bits per heavy atom. The van der Waals surface area contributed by atoms with Crippen molar-refractivity contribution in [3.05, 3.63) is 45.6 Å². The number of halogens is 1. The van der Waals surface area contributed by atoms with E-state index in [1.54, 1.807) is 12.1 Å². The molecule has 1 N–H and O–H groups in total. The lowest BCUT2D eigenvalue weighted by Gasteiger charge is -1.98. The normalized spacial score (nSPS) is 11.5. The Kier molecular flexibility index (Phi) is 3.40. The number of hydrogen-bond acceptors (Lipinski definition) is 5. The number of fused-ring (bicyclic) bond motifs is 3. The highest BCUT2D eigenvalue weighted by Gasteiger charge is 2.15. The number of carbonyl (C=O) groups is 1. The fourth-order valence-electron chi connectivity index (χ4n) is 2.20. The number of nitrogens with zero attached hydrogens (tertiary/aromatic N) is 3. The van der Waals surface area contributed by atoms with Gasteiger partial charge >= 0.3 is 0 Å². The van der Waals surface area contributed by atoms with Gasteiger partial charge in [0.15, 0.2) is 10.9 Å². The zero-order valence-electron chi connectivity index (χ0n) is 11.1. The number of nitrogens with one attached hydrogen (secondary N) is 1. The van der Waals surface area contributed by atoms with Crippen LogP contribution >= 0.6 is 34.7 Å². The molecule has 0 saturated heterocycles. The van der Waals surface area contributed by atoms with Gasteiger partial charge in [0.25, 0.3) is 0 Å². The molecule has 0 spiro atoms. The summed E-state index contributed by atoms with van der Waals surface area (Å²) in [5, 5.41) is 7.86. The van der Waals surface area contributed by atoms with Crippen LogP contribution in [0.3, 0.4) is 0 Å². The molecule has 22 heavy (non-hydrogen) atoms. The molecule has 4 aromatic rings. The second kappa shape index (κ2) is 5.42. The summed E-state index contributed by atoms with van der Waals surface area (Å²) in [6.45, 7) is 0. The molecule has 0 amide bonds. The Morgan fingerprint density at radius 1 is 1.32 bits per heavy atom. The number of benzene rings is 1. The third kappa shape index (κ3) is 2.31. The number of aromatic amines is 1. The molecule has 0 saturated carbocycles. The highest BCUT2D eigenvalue weighted by atomic mass is 35.5. The number of thiophene rings is 1. The number of H-pyrrole nitrogens is 1. The van der Waals surface area contributed by atoms with E-state index < -0.39 is 0 Å². The van der Waals surface area contributed by atoms with E-state index in [0.29, 0.717) is 20.7 Å². The number of para-hydroxylation sites is 2. The number of Topliss-reactive ketones (excluding diaryl/α,β-unsaturated/α-hetero) is 1. The van der Waals surface area contributed by atoms with Crippen LogP contribution in [0.25, 0.3) is 16.8 Å². The average molecular weight is 349 g/mol. The third-order valence-electron chi connectivity index (χ3n) is 3.18. The van der Waals surface area contributed by atoms with Gasteiger partial charge in [-0.05, 0) is 24.3 Å². The molecule has 0 aliphatic heterocycles. The topological polar surface area (TPSA) is 63.0 Å². The summed E-state index contributed by atoms with van der Waals surface area (Å²) in [5.74, 6) is 1.03. The molecule has 0 fully saturated rings. The van der Waals surface area contributed by atoms with Gasteiger partial charge in [0, 0.05) is 0 Å². The van der Waals surface area contributed by atoms with Crippen LogP contribution in [0.2, 0.25) is 4.34 Å². The summed E-state index contributed by atoms with van der Waals surface area (Å²) in [6, 6.07) is 11.3. The second-order valence-electron chi connectivity index (χ2n) is 4.58. The zero-order chi connectivity index (χ0) is 15.1. The SMILES string of the molecule is O=C(CSc1n[nH]c2nc3ccccc3n12)c1ccc(Cl)s1. The number of thioether (sulfide) groups is 1. The maximum Gasteiger partial charge on any atom is 0.231 e. The van der Waals surface area contributed by atoms with E-state index in [1.807, 2.05) is 28.7 Å². The van der Waals surface area contributed by atoms with Gasteiger partial charge in [-0.1, -0.05) is 35.5 Å². The molecule has 0 radical (unpaired) electrons. The van der Waals surface area contributed by atoms with Crippen molar-refractivity contribution in [2.24, 2.45) is 0 Å². The average Bonchev–Trinajstić information content (AvgIpc) is 3.19. The molecule has 3 heterocycles. The van der Waals surface area contributed by atoms with Crippen molar-refractivity contribution >= 4 is 57.3 Å². The number of rotatable bonds is 4. The van der Waals surface area contributed by atoms with E-state index in [4.69, 9.17) is 11.6 Å². The van der Waals surface area contributed by atoms with E-state index in [-0.39, 0.29) is 5.78 Å². The lowest BCUT2D eigenvalue weighted by atomic mass is 10.3. The monoisotopic (exact) mass is 348 g/mol. The fourth-order valence-corrected chi connectivity index (χ4v) is 4.12. The van der Waals surface area contributed by atoms with Gasteiger partial charge < -0.3 is 0 Å². The third-order valence-corrected chi connectivity index (χ3v) is 5.39. The maximum atomic E-state index is 12.2. The largest absolute Gasteiger partial charge is 0.292 e. The van der Waals surface area contributed by atoms with E-state index >= 15 is 0 Å².